The van der Waals surface area contributed by atoms with Crippen LogP contribution in [-0.4, -0.2) is 30.8 Å². The summed E-state index contributed by atoms with van der Waals surface area (Å²) < 4.78 is 5.57. The highest BCUT2D eigenvalue weighted by atomic mass is 16.5. The van der Waals surface area contributed by atoms with Gasteiger partial charge in [0, 0.05) is 13.0 Å². The van der Waals surface area contributed by atoms with Gasteiger partial charge in [0.25, 0.3) is 0 Å². The third kappa shape index (κ3) is 6.25. The van der Waals surface area contributed by atoms with E-state index in [4.69, 9.17) is 9.84 Å². The van der Waals surface area contributed by atoms with Crippen LogP contribution in [0.2, 0.25) is 0 Å². The maximum Gasteiger partial charge on any atom is 0.220 e. The second kappa shape index (κ2) is 8.53. The highest BCUT2D eigenvalue weighted by Crippen LogP contribution is 2.18. The Kier molecular flexibility index (Phi) is 6.97. The molecular weight excluding hydrogens is 242 g/mol. The number of carbonyl (C=O) groups excluding carboxylic acids is 1. The Morgan fingerprint density at radius 3 is 2.58 bits per heavy atom. The molecule has 4 heteroatoms. The maximum absolute atomic E-state index is 11.3. The predicted octanol–water partition coefficient (Wildman–Crippen LogP) is 2.08. The van der Waals surface area contributed by atoms with E-state index in [1.54, 1.807) is 0 Å². The number of nitrogens with one attached hydrogen (secondary N) is 1. The zero-order chi connectivity index (χ0) is 14.1. The van der Waals surface area contributed by atoms with E-state index in [2.05, 4.69) is 31.3 Å². The highest BCUT2D eigenvalue weighted by molar-refractivity contribution is 5.75. The van der Waals surface area contributed by atoms with Crippen LogP contribution in [0.1, 0.15) is 38.2 Å². The van der Waals surface area contributed by atoms with Crippen molar-refractivity contribution in [1.29, 1.82) is 0 Å². The van der Waals surface area contributed by atoms with Crippen LogP contribution in [0.3, 0.4) is 0 Å². The first-order chi connectivity index (χ1) is 9.13. The van der Waals surface area contributed by atoms with Gasteiger partial charge >= 0.3 is 0 Å². The lowest BCUT2D eigenvalue weighted by molar-refractivity contribution is -0.121. The van der Waals surface area contributed by atoms with Gasteiger partial charge in [-0.2, -0.15) is 0 Å². The number of hydrogen-bond donors (Lipinski definition) is 2. The second-order valence-corrected chi connectivity index (χ2v) is 4.75. The van der Waals surface area contributed by atoms with Crippen molar-refractivity contribution < 1.29 is 14.6 Å². The number of aliphatic hydroxyl groups is 1. The monoisotopic (exact) mass is 265 g/mol. The normalized spacial score (nSPS) is 10.5. The van der Waals surface area contributed by atoms with Gasteiger partial charge in [-0.25, -0.2) is 0 Å². The fourth-order valence-electron chi connectivity index (χ4n) is 1.66. The molecule has 19 heavy (non-hydrogen) atoms. The van der Waals surface area contributed by atoms with Crippen molar-refractivity contribution in [2.75, 3.05) is 19.8 Å². The summed E-state index contributed by atoms with van der Waals surface area (Å²) in [4.78, 5) is 11.3. The lowest BCUT2D eigenvalue weighted by Gasteiger charge is -2.09. The second-order valence-electron chi connectivity index (χ2n) is 4.75. The molecule has 0 saturated heterocycles. The molecular formula is C15H23NO3. The van der Waals surface area contributed by atoms with E-state index in [9.17, 15) is 4.79 Å². The molecule has 0 heterocycles. The molecule has 0 bridgehead atoms. The summed E-state index contributed by atoms with van der Waals surface area (Å²) in [5, 5.41) is 11.2. The predicted molar refractivity (Wildman–Crippen MR) is 75.4 cm³/mol. The maximum atomic E-state index is 11.3. The minimum atomic E-state index is -0.0483. The SMILES string of the molecule is CC(C)c1ccc(OCCCC(=O)NCCO)cc1. The fourth-order valence-corrected chi connectivity index (χ4v) is 1.66. The molecule has 0 radical (unpaired) electrons. The standard InChI is InChI=1S/C15H23NO3/c1-12(2)13-5-7-14(8-6-13)19-11-3-4-15(18)16-9-10-17/h5-8,12,17H,3-4,9-11H2,1-2H3,(H,16,18). The van der Waals surface area contributed by atoms with E-state index < -0.39 is 0 Å². The van der Waals surface area contributed by atoms with Crippen molar-refractivity contribution in [2.45, 2.75) is 32.6 Å². The number of aliphatic hydroxyl groups excluding tert-OH is 1. The van der Waals surface area contributed by atoms with E-state index in [-0.39, 0.29) is 12.5 Å². The zero-order valence-electron chi connectivity index (χ0n) is 11.7. The summed E-state index contributed by atoms with van der Waals surface area (Å²) in [6.07, 6.45) is 1.09. The summed E-state index contributed by atoms with van der Waals surface area (Å²) in [6.45, 7) is 5.12. The number of amides is 1. The first-order valence-corrected chi connectivity index (χ1v) is 6.74. The molecule has 1 rings (SSSR count). The third-order valence-electron chi connectivity index (χ3n) is 2.80. The number of hydrogen-bond acceptors (Lipinski definition) is 3. The smallest absolute Gasteiger partial charge is 0.220 e. The number of benzene rings is 1. The van der Waals surface area contributed by atoms with Gasteiger partial charge in [-0.1, -0.05) is 26.0 Å². The average molecular weight is 265 g/mol. The molecule has 1 aromatic carbocycles. The van der Waals surface area contributed by atoms with Gasteiger partial charge in [-0.05, 0) is 30.0 Å². The van der Waals surface area contributed by atoms with Crippen molar-refractivity contribution in [3.8, 4) is 5.75 Å². The van der Waals surface area contributed by atoms with Gasteiger partial charge in [0.15, 0.2) is 0 Å². The topological polar surface area (TPSA) is 58.6 Å². The molecule has 1 aromatic rings. The third-order valence-corrected chi connectivity index (χ3v) is 2.80. The zero-order valence-corrected chi connectivity index (χ0v) is 11.7. The number of ether oxygens (including phenoxy) is 1. The Morgan fingerprint density at radius 2 is 2.00 bits per heavy atom. The highest BCUT2D eigenvalue weighted by Gasteiger charge is 2.02. The quantitative estimate of drug-likeness (QED) is 0.707. The van der Waals surface area contributed by atoms with Gasteiger partial charge in [0.1, 0.15) is 5.75 Å². The van der Waals surface area contributed by atoms with Gasteiger partial charge in [-0.3, -0.25) is 4.79 Å². The van der Waals surface area contributed by atoms with Crippen molar-refractivity contribution in [3.63, 3.8) is 0 Å². The number of carbonyl (C=O) groups is 1. The Morgan fingerprint density at radius 1 is 1.32 bits per heavy atom. The van der Waals surface area contributed by atoms with E-state index in [1.165, 1.54) is 5.56 Å². The van der Waals surface area contributed by atoms with Crippen molar-refractivity contribution in [1.82, 2.24) is 5.32 Å². The Labute approximate surface area is 114 Å². The summed E-state index contributed by atoms with van der Waals surface area (Å²) in [5.74, 6) is 1.30. The van der Waals surface area contributed by atoms with Crippen molar-refractivity contribution in [2.24, 2.45) is 0 Å². The minimum Gasteiger partial charge on any atom is -0.494 e. The van der Waals surface area contributed by atoms with Crippen LogP contribution in [0.4, 0.5) is 0 Å². The number of rotatable bonds is 8. The van der Waals surface area contributed by atoms with E-state index in [0.717, 1.165) is 5.75 Å². The molecule has 0 spiro atoms. The van der Waals surface area contributed by atoms with E-state index in [0.29, 0.717) is 31.9 Å². The fraction of sp³-hybridized carbons (Fsp3) is 0.533. The van der Waals surface area contributed by atoms with Crippen LogP contribution in [0.5, 0.6) is 5.75 Å². The summed E-state index contributed by atoms with van der Waals surface area (Å²) in [5.41, 5.74) is 1.29. The molecule has 0 saturated carbocycles. The molecule has 1 amide bonds. The summed E-state index contributed by atoms with van der Waals surface area (Å²) in [7, 11) is 0. The molecule has 0 aromatic heterocycles. The lowest BCUT2D eigenvalue weighted by atomic mass is 10.0. The lowest BCUT2D eigenvalue weighted by Crippen LogP contribution is -2.26. The van der Waals surface area contributed by atoms with Crippen LogP contribution < -0.4 is 10.1 Å². The molecule has 4 nitrogen and oxygen atoms in total. The molecule has 2 N–H and O–H groups in total. The van der Waals surface area contributed by atoms with Crippen LogP contribution in [-0.2, 0) is 4.79 Å². The van der Waals surface area contributed by atoms with Crippen LogP contribution >= 0.6 is 0 Å². The summed E-state index contributed by atoms with van der Waals surface area (Å²) >= 11 is 0. The van der Waals surface area contributed by atoms with Crippen molar-refractivity contribution >= 4 is 5.91 Å². The Bertz CT molecular complexity index is 373. The molecule has 0 aliphatic rings. The Hall–Kier alpha value is -1.55. The first kappa shape index (κ1) is 15.5. The van der Waals surface area contributed by atoms with Crippen LogP contribution in [0.25, 0.3) is 0 Å². The van der Waals surface area contributed by atoms with Gasteiger partial charge < -0.3 is 15.2 Å². The first-order valence-electron chi connectivity index (χ1n) is 6.74. The van der Waals surface area contributed by atoms with Gasteiger partial charge in [0.2, 0.25) is 5.91 Å². The van der Waals surface area contributed by atoms with Crippen LogP contribution in [0, 0.1) is 0 Å². The Balaban J connectivity index is 2.20. The summed E-state index contributed by atoms with van der Waals surface area (Å²) in [6, 6.07) is 8.05. The van der Waals surface area contributed by atoms with Crippen LogP contribution in [0.15, 0.2) is 24.3 Å². The molecule has 0 unspecified atom stereocenters. The van der Waals surface area contributed by atoms with Gasteiger partial charge in [0.05, 0.1) is 13.2 Å². The largest absolute Gasteiger partial charge is 0.494 e. The molecule has 0 fully saturated rings. The molecule has 106 valence electrons. The van der Waals surface area contributed by atoms with Gasteiger partial charge in [-0.15, -0.1) is 0 Å². The minimum absolute atomic E-state index is 0.0234. The van der Waals surface area contributed by atoms with Crippen molar-refractivity contribution in [3.05, 3.63) is 29.8 Å². The molecule has 0 aliphatic heterocycles. The average Bonchev–Trinajstić information content (AvgIpc) is 2.41. The van der Waals surface area contributed by atoms with E-state index in [1.807, 2.05) is 12.1 Å². The van der Waals surface area contributed by atoms with E-state index >= 15 is 0 Å². The molecule has 0 aliphatic carbocycles. The molecule has 0 atom stereocenters.